The highest BCUT2D eigenvalue weighted by molar-refractivity contribution is 6.10. The van der Waals surface area contributed by atoms with E-state index in [4.69, 9.17) is 4.42 Å². The minimum Gasteiger partial charge on any atom is -0.442 e. The highest BCUT2D eigenvalue weighted by atomic mass is 16.3. The number of anilines is 1. The predicted octanol–water partition coefficient (Wildman–Crippen LogP) is 2.16. The van der Waals surface area contributed by atoms with Crippen LogP contribution in [0.5, 0.6) is 0 Å². The average Bonchev–Trinajstić information content (AvgIpc) is 2.99. The number of hydrogen-bond donors (Lipinski definition) is 2. The molecule has 0 aliphatic heterocycles. The van der Waals surface area contributed by atoms with E-state index in [0.29, 0.717) is 34.8 Å². The van der Waals surface area contributed by atoms with Crippen molar-refractivity contribution in [3.63, 3.8) is 0 Å². The number of furan rings is 1. The summed E-state index contributed by atoms with van der Waals surface area (Å²) in [6.45, 7) is 4.24. The number of carbonyl (C=O) groups is 1. The molecule has 0 atom stereocenters. The van der Waals surface area contributed by atoms with Crippen LogP contribution in [0, 0.1) is 6.92 Å². The van der Waals surface area contributed by atoms with Crippen molar-refractivity contribution in [2.24, 2.45) is 7.05 Å². The molecule has 2 N–H and O–H groups in total. The van der Waals surface area contributed by atoms with Gasteiger partial charge in [-0.3, -0.25) is 9.48 Å². The molecule has 3 aromatic heterocycles. The second kappa shape index (κ2) is 5.58. The van der Waals surface area contributed by atoms with Gasteiger partial charge in [-0.05, 0) is 32.8 Å². The zero-order valence-corrected chi connectivity index (χ0v) is 14.5. The number of aryl methyl sites for hydroxylation is 2. The Morgan fingerprint density at radius 2 is 2.20 bits per heavy atom. The molecule has 1 saturated carbocycles. The smallest absolute Gasteiger partial charge is 0.255 e. The zero-order valence-electron chi connectivity index (χ0n) is 14.5. The first-order valence-corrected chi connectivity index (χ1v) is 8.24. The summed E-state index contributed by atoms with van der Waals surface area (Å²) in [7, 11) is 1.84. The van der Waals surface area contributed by atoms with Crippen molar-refractivity contribution in [2.45, 2.75) is 38.8 Å². The summed E-state index contributed by atoms with van der Waals surface area (Å²) in [5.41, 5.74) is 1.72. The van der Waals surface area contributed by atoms with E-state index in [1.807, 2.05) is 19.3 Å². The van der Waals surface area contributed by atoms with Crippen molar-refractivity contribution in [3.05, 3.63) is 35.6 Å². The molecule has 0 unspecified atom stereocenters. The number of carbonyl (C=O) groups excluding carboxylic acids is 1. The van der Waals surface area contributed by atoms with E-state index >= 15 is 0 Å². The van der Waals surface area contributed by atoms with E-state index in [1.54, 1.807) is 11.6 Å². The highest BCUT2D eigenvalue weighted by Crippen LogP contribution is 2.40. The Hall–Kier alpha value is -2.90. The lowest BCUT2D eigenvalue weighted by molar-refractivity contribution is 0.0950. The first-order chi connectivity index (χ1) is 12.0. The van der Waals surface area contributed by atoms with E-state index in [-0.39, 0.29) is 11.4 Å². The number of nitrogens with one attached hydrogen (secondary N) is 2. The van der Waals surface area contributed by atoms with E-state index in [0.717, 1.165) is 18.5 Å². The normalized spacial score (nSPS) is 15.3. The number of aromatic nitrogens is 4. The van der Waals surface area contributed by atoms with Gasteiger partial charge in [0.25, 0.3) is 5.91 Å². The van der Waals surface area contributed by atoms with Crippen LogP contribution in [0.3, 0.4) is 0 Å². The Morgan fingerprint density at radius 3 is 2.88 bits per heavy atom. The molecule has 0 radical (unpaired) electrons. The van der Waals surface area contributed by atoms with E-state index < -0.39 is 0 Å². The average molecular weight is 340 g/mol. The van der Waals surface area contributed by atoms with Crippen LogP contribution < -0.4 is 10.6 Å². The molecule has 1 aliphatic carbocycles. The summed E-state index contributed by atoms with van der Waals surface area (Å²) >= 11 is 0. The summed E-state index contributed by atoms with van der Waals surface area (Å²) in [5, 5.41) is 11.2. The van der Waals surface area contributed by atoms with Crippen LogP contribution >= 0.6 is 0 Å². The standard InChI is InChI=1S/C17H20N6O2/c1-10-12(15(24)18-8-11-4-7-23(3)22-11)13-14(21-17(2)5-6-17)19-9-20-16(13)25-10/h4,7,9H,5-6,8H2,1-3H3,(H,18,24)(H,19,20,21). The van der Waals surface area contributed by atoms with Gasteiger partial charge in [-0.25, -0.2) is 9.97 Å². The quantitative estimate of drug-likeness (QED) is 0.738. The Labute approximate surface area is 144 Å². The van der Waals surface area contributed by atoms with Crippen LogP contribution in [-0.4, -0.2) is 31.2 Å². The van der Waals surface area contributed by atoms with Gasteiger partial charge in [0.1, 0.15) is 17.9 Å². The van der Waals surface area contributed by atoms with E-state index in [9.17, 15) is 4.79 Å². The van der Waals surface area contributed by atoms with Crippen molar-refractivity contribution in [1.29, 1.82) is 0 Å². The topological polar surface area (TPSA) is 97.9 Å². The molecule has 1 fully saturated rings. The number of nitrogens with zero attached hydrogens (tertiary/aromatic N) is 4. The third-order valence-electron chi connectivity index (χ3n) is 4.51. The van der Waals surface area contributed by atoms with E-state index in [1.165, 1.54) is 6.33 Å². The molecule has 0 aromatic carbocycles. The van der Waals surface area contributed by atoms with Crippen molar-refractivity contribution in [3.8, 4) is 0 Å². The molecule has 25 heavy (non-hydrogen) atoms. The largest absolute Gasteiger partial charge is 0.442 e. The van der Waals surface area contributed by atoms with Crippen molar-refractivity contribution in [2.75, 3.05) is 5.32 Å². The summed E-state index contributed by atoms with van der Waals surface area (Å²) in [6.07, 6.45) is 5.45. The molecule has 8 nitrogen and oxygen atoms in total. The third kappa shape index (κ3) is 2.95. The number of hydrogen-bond acceptors (Lipinski definition) is 6. The Bertz CT molecular complexity index is 953. The number of rotatable bonds is 5. The van der Waals surface area contributed by atoms with Gasteiger partial charge in [0.15, 0.2) is 0 Å². The highest BCUT2D eigenvalue weighted by Gasteiger charge is 2.38. The van der Waals surface area contributed by atoms with Gasteiger partial charge in [0.05, 0.1) is 23.2 Å². The fourth-order valence-corrected chi connectivity index (χ4v) is 2.83. The maximum Gasteiger partial charge on any atom is 0.255 e. The maximum absolute atomic E-state index is 12.8. The van der Waals surface area contributed by atoms with Crippen molar-refractivity contribution in [1.82, 2.24) is 25.1 Å². The van der Waals surface area contributed by atoms with Gasteiger partial charge in [0, 0.05) is 18.8 Å². The first kappa shape index (κ1) is 15.6. The number of amides is 1. The van der Waals surface area contributed by atoms with Crippen LogP contribution in [0.15, 0.2) is 23.0 Å². The molecule has 1 amide bonds. The molecule has 0 bridgehead atoms. The molecule has 8 heteroatoms. The second-order valence-electron chi connectivity index (χ2n) is 6.78. The Kier molecular flexibility index (Phi) is 3.48. The summed E-state index contributed by atoms with van der Waals surface area (Å²) in [6, 6.07) is 1.87. The second-order valence-corrected chi connectivity index (χ2v) is 6.78. The van der Waals surface area contributed by atoms with Gasteiger partial charge in [-0.1, -0.05) is 0 Å². The molecular weight excluding hydrogens is 320 g/mol. The molecule has 0 spiro atoms. The fraction of sp³-hybridized carbons (Fsp3) is 0.412. The third-order valence-corrected chi connectivity index (χ3v) is 4.51. The lowest BCUT2D eigenvalue weighted by Crippen LogP contribution is -2.24. The lowest BCUT2D eigenvalue weighted by Gasteiger charge is -2.13. The minimum atomic E-state index is -0.222. The zero-order chi connectivity index (χ0) is 17.6. The molecule has 1 aliphatic rings. The predicted molar refractivity (Wildman–Crippen MR) is 92.2 cm³/mol. The summed E-state index contributed by atoms with van der Waals surface area (Å²) in [4.78, 5) is 21.3. The minimum absolute atomic E-state index is 0.0359. The first-order valence-electron chi connectivity index (χ1n) is 8.24. The van der Waals surface area contributed by atoms with Gasteiger partial charge in [-0.15, -0.1) is 0 Å². The fourth-order valence-electron chi connectivity index (χ4n) is 2.83. The summed E-state index contributed by atoms with van der Waals surface area (Å²) < 4.78 is 7.38. The Morgan fingerprint density at radius 1 is 1.40 bits per heavy atom. The molecular formula is C17H20N6O2. The van der Waals surface area contributed by atoms with Crippen LogP contribution in [0.1, 0.15) is 41.6 Å². The molecule has 4 rings (SSSR count). The Balaban J connectivity index is 1.65. The van der Waals surface area contributed by atoms with Crippen molar-refractivity contribution < 1.29 is 9.21 Å². The van der Waals surface area contributed by atoms with Gasteiger partial charge in [-0.2, -0.15) is 5.10 Å². The van der Waals surface area contributed by atoms with E-state index in [2.05, 4.69) is 32.6 Å². The van der Waals surface area contributed by atoms with Crippen LogP contribution in [-0.2, 0) is 13.6 Å². The maximum atomic E-state index is 12.8. The van der Waals surface area contributed by atoms with Gasteiger partial charge >= 0.3 is 0 Å². The number of fused-ring (bicyclic) bond motifs is 1. The van der Waals surface area contributed by atoms with Gasteiger partial charge < -0.3 is 15.1 Å². The van der Waals surface area contributed by atoms with Crippen LogP contribution in [0.4, 0.5) is 5.82 Å². The molecule has 3 heterocycles. The lowest BCUT2D eigenvalue weighted by atomic mass is 10.1. The summed E-state index contributed by atoms with van der Waals surface area (Å²) in [5.74, 6) is 0.948. The SMILES string of the molecule is Cc1oc2ncnc(NC3(C)CC3)c2c1C(=O)NCc1ccn(C)n1. The van der Waals surface area contributed by atoms with Crippen LogP contribution in [0.2, 0.25) is 0 Å². The molecule has 0 saturated heterocycles. The van der Waals surface area contributed by atoms with Crippen LogP contribution in [0.25, 0.3) is 11.1 Å². The van der Waals surface area contributed by atoms with Crippen molar-refractivity contribution >= 4 is 22.8 Å². The van der Waals surface area contributed by atoms with Gasteiger partial charge in [0.2, 0.25) is 5.71 Å². The molecule has 3 aromatic rings. The monoisotopic (exact) mass is 340 g/mol. The molecule has 130 valence electrons.